The summed E-state index contributed by atoms with van der Waals surface area (Å²) in [6.45, 7) is 2.68. The minimum atomic E-state index is -3.74. The summed E-state index contributed by atoms with van der Waals surface area (Å²) in [6.07, 6.45) is 3.76. The standard InChI is InChI=1S/C22H25ClFN2O2S/c23-17-3-6-19(7-4-17)29(27,28)26(14-16-1-2-16)15-22(9-11-25-12-10-22)20-13-18(24)5-8-21(20)26/h3-8,13,16,25H,1-2,9-12,14-15H2/q+1. The molecule has 1 saturated carbocycles. The molecule has 7 heteroatoms. The molecule has 2 heterocycles. The summed E-state index contributed by atoms with van der Waals surface area (Å²) in [5.74, 6) is 0.101. The van der Waals surface area contributed by atoms with E-state index < -0.39 is 10.0 Å². The van der Waals surface area contributed by atoms with E-state index in [1.165, 1.54) is 6.07 Å². The minimum absolute atomic E-state index is 0.102. The zero-order valence-electron chi connectivity index (χ0n) is 16.2. The van der Waals surface area contributed by atoms with Gasteiger partial charge in [0.25, 0.3) is 0 Å². The highest BCUT2D eigenvalue weighted by Gasteiger charge is 2.61. The van der Waals surface area contributed by atoms with Gasteiger partial charge in [0, 0.05) is 22.6 Å². The first kappa shape index (κ1) is 19.5. The number of fused-ring (bicyclic) bond motifs is 2. The average Bonchev–Trinajstić information content (AvgIpc) is 3.48. The second-order valence-corrected chi connectivity index (χ2v) is 11.4. The van der Waals surface area contributed by atoms with Crippen LogP contribution in [-0.4, -0.2) is 34.6 Å². The fourth-order valence-electron chi connectivity index (χ4n) is 5.28. The molecule has 4 nitrogen and oxygen atoms in total. The molecule has 2 aromatic rings. The largest absolute Gasteiger partial charge is 0.332 e. The highest BCUT2D eigenvalue weighted by Crippen LogP contribution is 2.54. The number of piperidine rings is 1. The predicted molar refractivity (Wildman–Crippen MR) is 113 cm³/mol. The molecule has 0 aromatic heterocycles. The minimum Gasteiger partial charge on any atom is -0.317 e. The predicted octanol–water partition coefficient (Wildman–Crippen LogP) is 4.22. The first-order chi connectivity index (χ1) is 13.9. The second-order valence-electron chi connectivity index (χ2n) is 8.79. The Bertz CT molecular complexity index is 1050. The van der Waals surface area contributed by atoms with Crippen molar-refractivity contribution in [2.24, 2.45) is 5.92 Å². The van der Waals surface area contributed by atoms with E-state index in [0.717, 1.165) is 50.0 Å². The zero-order valence-corrected chi connectivity index (χ0v) is 17.8. The quantitative estimate of drug-likeness (QED) is 0.731. The molecule has 3 aliphatic rings. The monoisotopic (exact) mass is 435 g/mol. The van der Waals surface area contributed by atoms with Gasteiger partial charge in [-0.25, -0.2) is 4.39 Å². The summed E-state index contributed by atoms with van der Waals surface area (Å²) >= 11 is 6.02. The van der Waals surface area contributed by atoms with Gasteiger partial charge in [-0.05, 0) is 75.2 Å². The van der Waals surface area contributed by atoms with Crippen LogP contribution in [0.3, 0.4) is 0 Å². The van der Waals surface area contributed by atoms with Crippen molar-refractivity contribution in [1.82, 2.24) is 9.21 Å². The van der Waals surface area contributed by atoms with E-state index in [0.29, 0.717) is 24.0 Å². The van der Waals surface area contributed by atoms with Gasteiger partial charge in [0.2, 0.25) is 0 Å². The van der Waals surface area contributed by atoms with Crippen LogP contribution in [0.1, 0.15) is 31.2 Å². The third-order valence-corrected chi connectivity index (χ3v) is 9.42. The van der Waals surface area contributed by atoms with Crippen LogP contribution in [-0.2, 0) is 15.4 Å². The number of benzene rings is 2. The summed E-state index contributed by atoms with van der Waals surface area (Å²) in [4.78, 5) is 0.281. The van der Waals surface area contributed by atoms with E-state index in [2.05, 4.69) is 5.32 Å². The Morgan fingerprint density at radius 1 is 1.10 bits per heavy atom. The normalized spacial score (nSPS) is 25.9. The lowest BCUT2D eigenvalue weighted by atomic mass is 9.75. The lowest BCUT2D eigenvalue weighted by Gasteiger charge is -2.37. The molecule has 1 atom stereocenters. The van der Waals surface area contributed by atoms with Crippen molar-refractivity contribution in [3.63, 3.8) is 0 Å². The fourth-order valence-corrected chi connectivity index (χ4v) is 7.53. The lowest BCUT2D eigenvalue weighted by Crippen LogP contribution is -2.57. The van der Waals surface area contributed by atoms with Gasteiger partial charge >= 0.3 is 10.0 Å². The van der Waals surface area contributed by atoms with Crippen molar-refractivity contribution in [3.05, 3.63) is 58.9 Å². The Kier molecular flexibility index (Phi) is 4.55. The zero-order chi connectivity index (χ0) is 20.3. The summed E-state index contributed by atoms with van der Waals surface area (Å²) in [5, 5.41) is 3.88. The molecule has 2 fully saturated rings. The van der Waals surface area contributed by atoms with Crippen LogP contribution in [0, 0.1) is 11.7 Å². The van der Waals surface area contributed by atoms with Crippen LogP contribution < -0.4 is 9.21 Å². The number of rotatable bonds is 4. The van der Waals surface area contributed by atoms with Crippen molar-refractivity contribution in [1.29, 1.82) is 0 Å². The van der Waals surface area contributed by atoms with Crippen molar-refractivity contribution in [2.45, 2.75) is 36.0 Å². The van der Waals surface area contributed by atoms with Crippen LogP contribution in [0.15, 0.2) is 47.4 Å². The molecule has 1 spiro atoms. The Balaban J connectivity index is 1.73. The maximum Gasteiger partial charge on any atom is 0.332 e. The molecule has 154 valence electrons. The summed E-state index contributed by atoms with van der Waals surface area (Å²) < 4.78 is 42.5. The number of halogens is 2. The van der Waals surface area contributed by atoms with E-state index in [9.17, 15) is 12.8 Å². The van der Waals surface area contributed by atoms with Crippen molar-refractivity contribution in [2.75, 3.05) is 26.2 Å². The number of nitrogens with zero attached hydrogens (tertiary/aromatic N) is 1. The molecule has 0 bridgehead atoms. The van der Waals surface area contributed by atoms with Gasteiger partial charge in [0.05, 0.1) is 5.41 Å². The van der Waals surface area contributed by atoms with Gasteiger partial charge in [-0.1, -0.05) is 11.6 Å². The highest BCUT2D eigenvalue weighted by atomic mass is 35.5. The second kappa shape index (κ2) is 6.77. The Labute approximate surface area is 176 Å². The topological polar surface area (TPSA) is 46.2 Å². The molecule has 2 aromatic carbocycles. The Hall–Kier alpha value is -1.47. The van der Waals surface area contributed by atoms with Crippen LogP contribution in [0.5, 0.6) is 0 Å². The van der Waals surface area contributed by atoms with Gasteiger partial charge in [-0.2, -0.15) is 12.3 Å². The molecule has 1 unspecified atom stereocenters. The lowest BCUT2D eigenvalue weighted by molar-refractivity contribution is 0.268. The van der Waals surface area contributed by atoms with E-state index in [1.54, 1.807) is 36.4 Å². The summed E-state index contributed by atoms with van der Waals surface area (Å²) in [6, 6.07) is 11.2. The number of hydrogen-bond donors (Lipinski definition) is 1. The third-order valence-electron chi connectivity index (χ3n) is 6.91. The molecular weight excluding hydrogens is 411 g/mol. The van der Waals surface area contributed by atoms with E-state index >= 15 is 0 Å². The van der Waals surface area contributed by atoms with Gasteiger partial charge in [-0.3, -0.25) is 0 Å². The van der Waals surface area contributed by atoms with Crippen molar-refractivity contribution >= 4 is 27.3 Å². The summed E-state index contributed by atoms with van der Waals surface area (Å²) in [5.41, 5.74) is 1.34. The SMILES string of the molecule is O=S(=O)(c1ccc(Cl)cc1)[N+]1(CC2CC2)CC2(CCNCC2)c2cc(F)ccc21. The third kappa shape index (κ3) is 3.03. The molecule has 1 aliphatic carbocycles. The molecule has 0 amide bonds. The first-order valence-corrected chi connectivity index (χ1v) is 12.1. The average molecular weight is 436 g/mol. The molecular formula is C22H25ClFN2O2S+. The number of sulfonamides is 1. The summed E-state index contributed by atoms with van der Waals surface area (Å²) in [7, 11) is -3.74. The smallest absolute Gasteiger partial charge is 0.317 e. The van der Waals surface area contributed by atoms with Crippen LogP contribution >= 0.6 is 11.6 Å². The first-order valence-electron chi connectivity index (χ1n) is 10.3. The van der Waals surface area contributed by atoms with Crippen LogP contribution in [0.2, 0.25) is 5.02 Å². The maximum absolute atomic E-state index is 14.3. The molecule has 1 N–H and O–H groups in total. The van der Waals surface area contributed by atoms with Crippen molar-refractivity contribution < 1.29 is 12.8 Å². The molecule has 5 rings (SSSR count). The van der Waals surface area contributed by atoms with Gasteiger partial charge < -0.3 is 5.32 Å². The number of nitrogens with one attached hydrogen (secondary N) is 1. The van der Waals surface area contributed by atoms with E-state index in [4.69, 9.17) is 11.6 Å². The van der Waals surface area contributed by atoms with Crippen LogP contribution in [0.4, 0.5) is 10.1 Å². The van der Waals surface area contributed by atoms with Crippen molar-refractivity contribution in [3.8, 4) is 0 Å². The number of hydrogen-bond acceptors (Lipinski definition) is 3. The number of quaternary nitrogens is 1. The Morgan fingerprint density at radius 2 is 1.79 bits per heavy atom. The van der Waals surface area contributed by atoms with E-state index in [1.807, 2.05) is 0 Å². The maximum atomic E-state index is 14.3. The fraction of sp³-hybridized carbons (Fsp3) is 0.455. The highest BCUT2D eigenvalue weighted by molar-refractivity contribution is 7.91. The van der Waals surface area contributed by atoms with Gasteiger partial charge in [0.1, 0.15) is 23.8 Å². The Morgan fingerprint density at radius 3 is 2.45 bits per heavy atom. The van der Waals surface area contributed by atoms with Crippen LogP contribution in [0.25, 0.3) is 0 Å². The molecule has 0 radical (unpaired) electrons. The van der Waals surface area contributed by atoms with Gasteiger partial charge in [0.15, 0.2) is 5.69 Å². The molecule has 2 aliphatic heterocycles. The van der Waals surface area contributed by atoms with E-state index in [-0.39, 0.29) is 20.0 Å². The molecule has 1 saturated heterocycles. The molecule has 29 heavy (non-hydrogen) atoms. The van der Waals surface area contributed by atoms with Gasteiger partial charge in [-0.15, -0.1) is 0 Å².